The molecule has 1 heterocycles. The van der Waals surface area contributed by atoms with Gasteiger partial charge in [0.05, 0.1) is 17.8 Å². The van der Waals surface area contributed by atoms with E-state index in [1.165, 1.54) is 0 Å². The summed E-state index contributed by atoms with van der Waals surface area (Å²) in [6.07, 6.45) is 1.86. The topological polar surface area (TPSA) is 17.8 Å². The van der Waals surface area contributed by atoms with Crippen LogP contribution in [0.15, 0.2) is 47.1 Å². The normalized spacial score (nSPS) is 12.8. The molecule has 0 fully saturated rings. The molecule has 1 atom stereocenters. The van der Waals surface area contributed by atoms with Gasteiger partial charge in [0.25, 0.3) is 0 Å². The van der Waals surface area contributed by atoms with Crippen molar-refractivity contribution in [3.63, 3.8) is 0 Å². The van der Waals surface area contributed by atoms with E-state index in [9.17, 15) is 0 Å². The summed E-state index contributed by atoms with van der Waals surface area (Å²) in [6, 6.07) is 11.7. The number of rotatable bonds is 2. The van der Waals surface area contributed by atoms with Crippen molar-refractivity contribution in [3.05, 3.63) is 62.7 Å². The maximum Gasteiger partial charge on any atom is 0.0761 e. The highest BCUT2D eigenvalue weighted by Crippen LogP contribution is 2.31. The molecule has 0 aliphatic heterocycles. The summed E-state index contributed by atoms with van der Waals surface area (Å²) in [7, 11) is 0. The van der Waals surface area contributed by atoms with Crippen molar-refractivity contribution >= 4 is 50.0 Å². The number of aromatic nitrogens is 2. The zero-order valence-electron chi connectivity index (χ0n) is 10.6. The van der Waals surface area contributed by atoms with Crippen LogP contribution in [-0.4, -0.2) is 9.78 Å². The molecule has 0 unspecified atom stereocenters. The van der Waals surface area contributed by atoms with E-state index < -0.39 is 0 Å². The quantitative estimate of drug-likeness (QED) is 0.565. The van der Waals surface area contributed by atoms with Crippen LogP contribution in [0, 0.1) is 0 Å². The van der Waals surface area contributed by atoms with Gasteiger partial charge < -0.3 is 0 Å². The monoisotopic (exact) mass is 368 g/mol. The van der Waals surface area contributed by atoms with Crippen molar-refractivity contribution in [1.82, 2.24) is 9.78 Å². The van der Waals surface area contributed by atoms with E-state index in [0.29, 0.717) is 10.0 Å². The van der Waals surface area contributed by atoms with E-state index >= 15 is 0 Å². The molecule has 1 aromatic heterocycles. The van der Waals surface area contributed by atoms with E-state index in [2.05, 4.69) is 34.0 Å². The van der Waals surface area contributed by atoms with Crippen LogP contribution in [0.1, 0.15) is 18.5 Å². The average Bonchev–Trinajstić information content (AvgIpc) is 2.81. The van der Waals surface area contributed by atoms with Crippen LogP contribution in [-0.2, 0) is 0 Å². The summed E-state index contributed by atoms with van der Waals surface area (Å²) in [5.41, 5.74) is 2.07. The highest BCUT2D eigenvalue weighted by atomic mass is 79.9. The number of hydrogen-bond donors (Lipinski definition) is 0. The number of benzene rings is 2. The third-order valence-corrected chi connectivity index (χ3v) is 4.40. The summed E-state index contributed by atoms with van der Waals surface area (Å²) >= 11 is 15.7. The van der Waals surface area contributed by atoms with Gasteiger partial charge in [-0.3, -0.25) is 4.68 Å². The Morgan fingerprint density at radius 1 is 1.15 bits per heavy atom. The lowest BCUT2D eigenvalue weighted by Gasteiger charge is -2.16. The van der Waals surface area contributed by atoms with Gasteiger partial charge in [-0.2, -0.15) is 5.10 Å². The summed E-state index contributed by atoms with van der Waals surface area (Å²) in [5, 5.41) is 6.88. The third kappa shape index (κ3) is 2.46. The number of halogens is 3. The van der Waals surface area contributed by atoms with Crippen LogP contribution < -0.4 is 0 Å². The van der Waals surface area contributed by atoms with Crippen molar-refractivity contribution < 1.29 is 0 Å². The van der Waals surface area contributed by atoms with Crippen LogP contribution in [0.2, 0.25) is 10.0 Å². The first-order valence-corrected chi connectivity index (χ1v) is 7.69. The highest BCUT2D eigenvalue weighted by Gasteiger charge is 2.15. The van der Waals surface area contributed by atoms with Gasteiger partial charge >= 0.3 is 0 Å². The van der Waals surface area contributed by atoms with Gasteiger partial charge in [-0.15, -0.1) is 0 Å². The lowest BCUT2D eigenvalue weighted by atomic mass is 10.1. The molecule has 0 N–H and O–H groups in total. The lowest BCUT2D eigenvalue weighted by Crippen LogP contribution is -2.08. The van der Waals surface area contributed by atoms with Crippen LogP contribution in [0.4, 0.5) is 0 Å². The molecule has 0 aliphatic rings. The van der Waals surface area contributed by atoms with Gasteiger partial charge in [0, 0.05) is 19.9 Å². The Morgan fingerprint density at radius 2 is 1.95 bits per heavy atom. The van der Waals surface area contributed by atoms with E-state index in [1.807, 2.05) is 35.1 Å². The zero-order chi connectivity index (χ0) is 14.3. The second kappa shape index (κ2) is 5.40. The van der Waals surface area contributed by atoms with E-state index in [0.717, 1.165) is 20.9 Å². The molecule has 0 amide bonds. The fraction of sp³-hybridized carbons (Fsp3) is 0.133. The van der Waals surface area contributed by atoms with E-state index in [-0.39, 0.29) is 6.04 Å². The van der Waals surface area contributed by atoms with Gasteiger partial charge in [0.15, 0.2) is 0 Å². The Bertz CT molecular complexity index is 783. The number of nitrogens with zero attached hydrogens (tertiary/aromatic N) is 2. The fourth-order valence-electron chi connectivity index (χ4n) is 2.29. The molecule has 0 spiro atoms. The minimum absolute atomic E-state index is 0.0339. The first-order valence-electron chi connectivity index (χ1n) is 6.14. The smallest absolute Gasteiger partial charge is 0.0761 e. The predicted molar refractivity (Wildman–Crippen MR) is 87.7 cm³/mol. The Kier molecular flexibility index (Phi) is 3.76. The summed E-state index contributed by atoms with van der Waals surface area (Å²) in [6.45, 7) is 2.07. The molecule has 0 saturated heterocycles. The second-order valence-electron chi connectivity index (χ2n) is 4.63. The average molecular weight is 370 g/mol. The maximum atomic E-state index is 6.29. The lowest BCUT2D eigenvalue weighted by molar-refractivity contribution is 0.584. The molecule has 2 nitrogen and oxygen atoms in total. The summed E-state index contributed by atoms with van der Waals surface area (Å²) < 4.78 is 3.00. The van der Waals surface area contributed by atoms with Crippen molar-refractivity contribution in [2.45, 2.75) is 13.0 Å². The van der Waals surface area contributed by atoms with E-state index in [4.69, 9.17) is 23.2 Å². The molecule has 0 aliphatic carbocycles. The van der Waals surface area contributed by atoms with Crippen LogP contribution in [0.5, 0.6) is 0 Å². The molecule has 102 valence electrons. The molecular weight excluding hydrogens is 359 g/mol. The molecule has 3 aromatic rings. The Hall–Kier alpha value is -1.03. The Balaban J connectivity index is 2.12. The Labute approximate surface area is 135 Å². The van der Waals surface area contributed by atoms with Crippen molar-refractivity contribution in [2.75, 3.05) is 0 Å². The SMILES string of the molecule is C[C@H](c1ccc(Cl)cc1Cl)n1ncc2ccc(Br)cc21. The van der Waals surface area contributed by atoms with Crippen molar-refractivity contribution in [2.24, 2.45) is 0 Å². The van der Waals surface area contributed by atoms with Gasteiger partial charge in [-0.25, -0.2) is 0 Å². The molecule has 0 radical (unpaired) electrons. The van der Waals surface area contributed by atoms with Crippen molar-refractivity contribution in [3.8, 4) is 0 Å². The van der Waals surface area contributed by atoms with Gasteiger partial charge in [0.2, 0.25) is 0 Å². The zero-order valence-corrected chi connectivity index (χ0v) is 13.7. The minimum atomic E-state index is 0.0339. The first-order chi connectivity index (χ1) is 9.56. The molecule has 0 saturated carbocycles. The van der Waals surface area contributed by atoms with Crippen LogP contribution in [0.25, 0.3) is 10.9 Å². The van der Waals surface area contributed by atoms with Gasteiger partial charge in [-0.1, -0.05) is 51.3 Å². The first kappa shape index (κ1) is 13.9. The van der Waals surface area contributed by atoms with Crippen LogP contribution in [0.3, 0.4) is 0 Å². The minimum Gasteiger partial charge on any atom is -0.258 e. The van der Waals surface area contributed by atoms with Crippen molar-refractivity contribution in [1.29, 1.82) is 0 Å². The summed E-state index contributed by atoms with van der Waals surface area (Å²) in [5.74, 6) is 0. The number of hydrogen-bond acceptors (Lipinski definition) is 1. The molecular formula is C15H11BrCl2N2. The van der Waals surface area contributed by atoms with E-state index in [1.54, 1.807) is 6.07 Å². The third-order valence-electron chi connectivity index (χ3n) is 3.34. The van der Waals surface area contributed by atoms with Gasteiger partial charge in [-0.05, 0) is 36.8 Å². The fourth-order valence-corrected chi connectivity index (χ4v) is 3.21. The van der Waals surface area contributed by atoms with Gasteiger partial charge in [0.1, 0.15) is 0 Å². The molecule has 0 bridgehead atoms. The highest BCUT2D eigenvalue weighted by molar-refractivity contribution is 9.10. The molecule has 20 heavy (non-hydrogen) atoms. The molecule has 5 heteroatoms. The number of fused-ring (bicyclic) bond motifs is 1. The largest absolute Gasteiger partial charge is 0.258 e. The summed E-state index contributed by atoms with van der Waals surface area (Å²) in [4.78, 5) is 0. The molecule has 3 rings (SSSR count). The maximum absolute atomic E-state index is 6.29. The van der Waals surface area contributed by atoms with Crippen LogP contribution >= 0.6 is 39.1 Å². The Morgan fingerprint density at radius 3 is 2.70 bits per heavy atom. The predicted octanol–water partition coefficient (Wildman–Crippen LogP) is 5.71. The standard InChI is InChI=1S/C15H11BrCl2N2/c1-9(13-5-4-12(17)7-14(13)18)20-15-6-11(16)3-2-10(15)8-19-20/h2-9H,1H3/t9-/m1/s1. The molecule has 2 aromatic carbocycles. The second-order valence-corrected chi connectivity index (χ2v) is 6.39.